The number of anilines is 1. The Morgan fingerprint density at radius 2 is 1.65 bits per heavy atom. The van der Waals surface area contributed by atoms with Crippen molar-refractivity contribution >= 4 is 11.7 Å². The zero-order chi connectivity index (χ0) is 14.4. The molecule has 0 aliphatic carbocycles. The molecule has 0 saturated carbocycles. The van der Waals surface area contributed by atoms with Crippen LogP contribution in [0.15, 0.2) is 60.7 Å². The number of rotatable bonds is 4. The second-order valence-electron chi connectivity index (χ2n) is 4.24. The van der Waals surface area contributed by atoms with Crippen molar-refractivity contribution in [3.05, 3.63) is 66.2 Å². The van der Waals surface area contributed by atoms with Crippen molar-refractivity contribution in [1.29, 1.82) is 0 Å². The summed E-state index contributed by atoms with van der Waals surface area (Å²) in [5, 5.41) is 3.10. The fraction of sp³-hybridized carbons (Fsp3) is 0.118. The number of benzene rings is 2. The monoisotopic (exact) mass is 265 g/mol. The molecule has 0 aromatic heterocycles. The number of carbonyl (C=O) groups excluding carboxylic acids is 1. The van der Waals surface area contributed by atoms with Crippen LogP contribution in [-0.2, 0) is 15.1 Å². The van der Waals surface area contributed by atoms with E-state index in [1.807, 2.05) is 48.5 Å². The summed E-state index contributed by atoms with van der Waals surface area (Å²) in [7, 11) is 1.32. The van der Waals surface area contributed by atoms with Crippen molar-refractivity contribution in [1.82, 2.24) is 0 Å². The Hall–Kier alpha value is -2.73. The summed E-state index contributed by atoms with van der Waals surface area (Å²) < 4.78 is 4.89. The second kappa shape index (κ2) is 5.94. The molecule has 0 heterocycles. The van der Waals surface area contributed by atoms with Gasteiger partial charge in [-0.05, 0) is 12.1 Å². The second-order valence-corrected chi connectivity index (χ2v) is 4.24. The SMILES string of the molecule is C#C[C@@](Nc1ccccc1)(C(=O)OC)c1ccccc1. The molecule has 0 radical (unpaired) electrons. The van der Waals surface area contributed by atoms with Gasteiger partial charge < -0.3 is 10.1 Å². The van der Waals surface area contributed by atoms with Crippen LogP contribution in [0.4, 0.5) is 5.69 Å². The Morgan fingerprint density at radius 3 is 2.15 bits per heavy atom. The zero-order valence-electron chi connectivity index (χ0n) is 11.2. The van der Waals surface area contributed by atoms with Gasteiger partial charge in [-0.2, -0.15) is 0 Å². The molecule has 1 N–H and O–H groups in total. The van der Waals surface area contributed by atoms with Crippen LogP contribution in [0, 0.1) is 12.3 Å². The topological polar surface area (TPSA) is 38.3 Å². The molecule has 0 amide bonds. The molecule has 0 unspecified atom stereocenters. The van der Waals surface area contributed by atoms with Crippen molar-refractivity contribution in [2.75, 3.05) is 12.4 Å². The third-order valence-electron chi connectivity index (χ3n) is 3.02. The van der Waals surface area contributed by atoms with Gasteiger partial charge in [0.25, 0.3) is 0 Å². The molecule has 2 aromatic carbocycles. The molecule has 0 saturated heterocycles. The average molecular weight is 265 g/mol. The largest absolute Gasteiger partial charge is 0.466 e. The number of esters is 1. The van der Waals surface area contributed by atoms with Gasteiger partial charge in [-0.25, -0.2) is 4.79 Å². The Labute approximate surface area is 118 Å². The maximum Gasteiger partial charge on any atom is 0.349 e. The molecule has 3 nitrogen and oxygen atoms in total. The summed E-state index contributed by atoms with van der Waals surface area (Å²) in [5.41, 5.74) is 0.0788. The molecule has 0 aliphatic rings. The standard InChI is InChI=1S/C17H15NO2/c1-3-17(16(19)20-2,14-10-6-4-7-11-14)18-15-12-8-5-9-13-15/h1,4-13,18H,2H3/t17-/m0/s1. The number of terminal acetylenes is 1. The number of hydrogen-bond donors (Lipinski definition) is 1. The van der Waals surface area contributed by atoms with E-state index in [2.05, 4.69) is 11.2 Å². The highest BCUT2D eigenvalue weighted by atomic mass is 16.5. The first-order chi connectivity index (χ1) is 9.73. The lowest BCUT2D eigenvalue weighted by atomic mass is 9.90. The number of carbonyl (C=O) groups is 1. The Kier molecular flexibility index (Phi) is 4.07. The third-order valence-corrected chi connectivity index (χ3v) is 3.02. The molecular formula is C17H15NO2. The van der Waals surface area contributed by atoms with E-state index in [9.17, 15) is 4.79 Å². The van der Waals surface area contributed by atoms with Gasteiger partial charge in [0.05, 0.1) is 7.11 Å². The van der Waals surface area contributed by atoms with Crippen LogP contribution in [-0.4, -0.2) is 13.1 Å². The number of nitrogens with one attached hydrogen (secondary N) is 1. The van der Waals surface area contributed by atoms with Crippen LogP contribution in [0.5, 0.6) is 0 Å². The fourth-order valence-electron chi connectivity index (χ4n) is 2.00. The highest BCUT2D eigenvalue weighted by Crippen LogP contribution is 2.27. The lowest BCUT2D eigenvalue weighted by molar-refractivity contribution is -0.144. The number of hydrogen-bond acceptors (Lipinski definition) is 3. The summed E-state index contributed by atoms with van der Waals surface area (Å²) >= 11 is 0. The summed E-state index contributed by atoms with van der Waals surface area (Å²) in [5.74, 6) is 2.03. The fourth-order valence-corrected chi connectivity index (χ4v) is 2.00. The molecule has 1 atom stereocenters. The minimum atomic E-state index is -1.34. The molecule has 0 bridgehead atoms. The predicted molar refractivity (Wildman–Crippen MR) is 79.0 cm³/mol. The van der Waals surface area contributed by atoms with Gasteiger partial charge in [0.2, 0.25) is 5.54 Å². The zero-order valence-corrected chi connectivity index (χ0v) is 11.2. The molecule has 0 aliphatic heterocycles. The van der Waals surface area contributed by atoms with Crippen molar-refractivity contribution in [2.24, 2.45) is 0 Å². The smallest absolute Gasteiger partial charge is 0.349 e. The van der Waals surface area contributed by atoms with E-state index in [1.165, 1.54) is 7.11 Å². The Morgan fingerprint density at radius 1 is 1.10 bits per heavy atom. The van der Waals surface area contributed by atoms with Gasteiger partial charge >= 0.3 is 5.97 Å². The highest BCUT2D eigenvalue weighted by Gasteiger charge is 2.39. The van der Waals surface area contributed by atoms with Crippen LogP contribution < -0.4 is 5.32 Å². The maximum absolute atomic E-state index is 12.2. The van der Waals surface area contributed by atoms with Crippen LogP contribution in [0.2, 0.25) is 0 Å². The van der Waals surface area contributed by atoms with Crippen LogP contribution in [0.1, 0.15) is 5.56 Å². The van der Waals surface area contributed by atoms with Gasteiger partial charge in [0.15, 0.2) is 0 Å². The number of methoxy groups -OCH3 is 1. The van der Waals surface area contributed by atoms with Gasteiger partial charge in [-0.3, -0.25) is 0 Å². The van der Waals surface area contributed by atoms with Gasteiger partial charge in [0, 0.05) is 11.3 Å². The number of para-hydroxylation sites is 1. The van der Waals surface area contributed by atoms with Gasteiger partial charge in [-0.1, -0.05) is 54.5 Å². The lowest BCUT2D eigenvalue weighted by Crippen LogP contribution is -2.43. The molecule has 0 spiro atoms. The first-order valence-corrected chi connectivity index (χ1v) is 6.18. The molecule has 3 heteroatoms. The summed E-state index contributed by atoms with van der Waals surface area (Å²) in [6.07, 6.45) is 5.65. The van der Waals surface area contributed by atoms with E-state index in [-0.39, 0.29) is 0 Å². The minimum absolute atomic E-state index is 0.518. The van der Waals surface area contributed by atoms with Gasteiger partial charge in [-0.15, -0.1) is 6.42 Å². The maximum atomic E-state index is 12.2. The van der Waals surface area contributed by atoms with Crippen LogP contribution >= 0.6 is 0 Å². The highest BCUT2D eigenvalue weighted by molar-refractivity contribution is 5.90. The third kappa shape index (κ3) is 2.50. The van der Waals surface area contributed by atoms with E-state index < -0.39 is 11.5 Å². The predicted octanol–water partition coefficient (Wildman–Crippen LogP) is 2.80. The van der Waals surface area contributed by atoms with Crippen molar-refractivity contribution in [3.63, 3.8) is 0 Å². The quantitative estimate of drug-likeness (QED) is 0.682. The molecule has 100 valence electrons. The van der Waals surface area contributed by atoms with Crippen LogP contribution in [0.25, 0.3) is 0 Å². The Balaban J connectivity index is 2.50. The first kappa shape index (κ1) is 13.7. The average Bonchev–Trinajstić information content (AvgIpc) is 2.53. The molecular weight excluding hydrogens is 250 g/mol. The lowest BCUT2D eigenvalue weighted by Gasteiger charge is -2.28. The van der Waals surface area contributed by atoms with E-state index >= 15 is 0 Å². The van der Waals surface area contributed by atoms with Gasteiger partial charge in [0.1, 0.15) is 0 Å². The first-order valence-electron chi connectivity index (χ1n) is 6.18. The van der Waals surface area contributed by atoms with Crippen molar-refractivity contribution in [2.45, 2.75) is 5.54 Å². The van der Waals surface area contributed by atoms with E-state index in [0.717, 1.165) is 5.69 Å². The molecule has 2 aromatic rings. The normalized spacial score (nSPS) is 12.8. The van der Waals surface area contributed by atoms with E-state index in [4.69, 9.17) is 11.2 Å². The summed E-state index contributed by atoms with van der Waals surface area (Å²) in [6, 6.07) is 18.4. The van der Waals surface area contributed by atoms with E-state index in [1.54, 1.807) is 12.1 Å². The molecule has 20 heavy (non-hydrogen) atoms. The minimum Gasteiger partial charge on any atom is -0.466 e. The molecule has 2 rings (SSSR count). The summed E-state index contributed by atoms with van der Waals surface area (Å²) in [6.45, 7) is 0. The van der Waals surface area contributed by atoms with Crippen molar-refractivity contribution in [3.8, 4) is 12.3 Å². The Bertz CT molecular complexity index is 616. The van der Waals surface area contributed by atoms with Crippen molar-refractivity contribution < 1.29 is 9.53 Å². The molecule has 0 fully saturated rings. The summed E-state index contributed by atoms with van der Waals surface area (Å²) in [4.78, 5) is 12.2. The number of ether oxygens (including phenoxy) is 1. The van der Waals surface area contributed by atoms with E-state index in [0.29, 0.717) is 5.56 Å². The van der Waals surface area contributed by atoms with Crippen LogP contribution in [0.3, 0.4) is 0 Å².